The van der Waals surface area contributed by atoms with Gasteiger partial charge in [0.25, 0.3) is 5.91 Å². The number of hydrogen-bond donors (Lipinski definition) is 1. The van der Waals surface area contributed by atoms with Crippen molar-refractivity contribution in [1.82, 2.24) is 19.6 Å². The summed E-state index contributed by atoms with van der Waals surface area (Å²) in [4.78, 5) is 17.8. The van der Waals surface area contributed by atoms with E-state index in [0.29, 0.717) is 12.5 Å². The van der Waals surface area contributed by atoms with Crippen LogP contribution in [0.5, 0.6) is 0 Å². The molecule has 0 saturated carbocycles. The first-order chi connectivity index (χ1) is 13.0. The molecule has 2 saturated heterocycles. The van der Waals surface area contributed by atoms with Gasteiger partial charge in [0, 0.05) is 31.2 Å². The Labute approximate surface area is 161 Å². The molecular formula is C21H30N4O2. The quantitative estimate of drug-likeness (QED) is 0.887. The number of nitrogens with zero attached hydrogens (tertiary/aromatic N) is 4. The van der Waals surface area contributed by atoms with Gasteiger partial charge in [0.2, 0.25) is 0 Å². The molecule has 0 radical (unpaired) electrons. The van der Waals surface area contributed by atoms with Gasteiger partial charge in [-0.15, -0.1) is 0 Å². The lowest BCUT2D eigenvalue weighted by atomic mass is 10.0. The van der Waals surface area contributed by atoms with Crippen molar-refractivity contribution in [1.29, 1.82) is 0 Å². The average Bonchev–Trinajstić information content (AvgIpc) is 3.30. The number of allylic oxidation sites excluding steroid dienone is 2. The number of aromatic nitrogens is 2. The van der Waals surface area contributed by atoms with Crippen LogP contribution in [-0.2, 0) is 0 Å². The second-order valence-corrected chi connectivity index (χ2v) is 8.04. The number of hydrogen-bond acceptors (Lipinski definition) is 4. The minimum absolute atomic E-state index is 0.101. The van der Waals surface area contributed by atoms with Crippen molar-refractivity contribution < 1.29 is 9.90 Å². The molecule has 3 aliphatic rings. The van der Waals surface area contributed by atoms with Gasteiger partial charge in [-0.2, -0.15) is 5.10 Å². The SMILES string of the molecule is Cc1nn(C2=CC=CC(O)C2)c(C)c1C(=O)N1CCC(N2CCCC2)CC1. The third kappa shape index (κ3) is 3.60. The second kappa shape index (κ2) is 7.60. The van der Waals surface area contributed by atoms with Crippen LogP contribution in [0.4, 0.5) is 0 Å². The monoisotopic (exact) mass is 370 g/mol. The van der Waals surface area contributed by atoms with E-state index in [4.69, 9.17) is 0 Å². The topological polar surface area (TPSA) is 61.6 Å². The Morgan fingerprint density at radius 2 is 1.85 bits per heavy atom. The van der Waals surface area contributed by atoms with E-state index in [-0.39, 0.29) is 5.91 Å². The van der Waals surface area contributed by atoms with Gasteiger partial charge in [-0.05, 0) is 58.7 Å². The van der Waals surface area contributed by atoms with E-state index >= 15 is 0 Å². The molecule has 1 aromatic heterocycles. The first-order valence-corrected chi connectivity index (χ1v) is 10.2. The van der Waals surface area contributed by atoms with E-state index in [0.717, 1.165) is 48.6 Å². The highest BCUT2D eigenvalue weighted by Gasteiger charge is 2.31. The van der Waals surface area contributed by atoms with Crippen molar-refractivity contribution in [2.75, 3.05) is 26.2 Å². The number of piperidine rings is 1. The third-order valence-electron chi connectivity index (χ3n) is 6.23. The van der Waals surface area contributed by atoms with Crippen molar-refractivity contribution in [3.05, 3.63) is 35.2 Å². The molecule has 1 atom stereocenters. The molecule has 27 heavy (non-hydrogen) atoms. The predicted octanol–water partition coefficient (Wildman–Crippen LogP) is 2.36. The van der Waals surface area contributed by atoms with Gasteiger partial charge in [0.05, 0.1) is 23.1 Å². The molecule has 0 bridgehead atoms. The van der Waals surface area contributed by atoms with E-state index in [1.165, 1.54) is 25.9 Å². The van der Waals surface area contributed by atoms with Gasteiger partial charge >= 0.3 is 0 Å². The van der Waals surface area contributed by atoms with Crippen LogP contribution in [0, 0.1) is 13.8 Å². The Hall–Kier alpha value is -1.92. The van der Waals surface area contributed by atoms with Crippen LogP contribution in [0.25, 0.3) is 5.70 Å². The fourth-order valence-electron chi connectivity index (χ4n) is 4.73. The minimum Gasteiger partial charge on any atom is -0.389 e. The molecule has 1 amide bonds. The van der Waals surface area contributed by atoms with E-state index in [2.05, 4.69) is 10.00 Å². The van der Waals surface area contributed by atoms with Crippen LogP contribution in [-0.4, -0.2) is 68.9 Å². The smallest absolute Gasteiger partial charge is 0.257 e. The second-order valence-electron chi connectivity index (χ2n) is 8.04. The molecule has 0 spiro atoms. The van der Waals surface area contributed by atoms with Gasteiger partial charge in [-0.25, -0.2) is 4.68 Å². The maximum absolute atomic E-state index is 13.2. The van der Waals surface area contributed by atoms with Gasteiger partial charge in [0.15, 0.2) is 0 Å². The molecule has 146 valence electrons. The molecule has 2 fully saturated rings. The van der Waals surface area contributed by atoms with E-state index in [1.54, 1.807) is 6.08 Å². The van der Waals surface area contributed by atoms with Crippen LogP contribution < -0.4 is 0 Å². The zero-order valence-electron chi connectivity index (χ0n) is 16.4. The lowest BCUT2D eigenvalue weighted by molar-refractivity contribution is 0.0643. The lowest BCUT2D eigenvalue weighted by Crippen LogP contribution is -2.46. The zero-order valence-corrected chi connectivity index (χ0v) is 16.4. The molecule has 0 aromatic carbocycles. The average molecular weight is 370 g/mol. The van der Waals surface area contributed by atoms with Gasteiger partial charge in [-0.1, -0.05) is 12.2 Å². The number of likely N-dealkylation sites (tertiary alicyclic amines) is 2. The first kappa shape index (κ1) is 18.4. The summed E-state index contributed by atoms with van der Waals surface area (Å²) in [7, 11) is 0. The molecule has 6 heteroatoms. The van der Waals surface area contributed by atoms with Crippen LogP contribution in [0.15, 0.2) is 18.2 Å². The van der Waals surface area contributed by atoms with Crippen molar-refractivity contribution in [3.63, 3.8) is 0 Å². The van der Waals surface area contributed by atoms with Crippen LogP contribution in [0.1, 0.15) is 53.8 Å². The number of aliphatic hydroxyl groups excluding tert-OH is 1. The highest BCUT2D eigenvalue weighted by molar-refractivity contribution is 5.96. The fourth-order valence-corrected chi connectivity index (χ4v) is 4.73. The number of carbonyl (C=O) groups excluding carboxylic acids is 1. The fraction of sp³-hybridized carbons (Fsp3) is 0.619. The third-order valence-corrected chi connectivity index (χ3v) is 6.23. The van der Waals surface area contributed by atoms with Gasteiger partial charge in [0.1, 0.15) is 0 Å². The Balaban J connectivity index is 1.48. The minimum atomic E-state index is -0.488. The van der Waals surface area contributed by atoms with Crippen molar-refractivity contribution >= 4 is 11.6 Å². The normalized spacial score (nSPS) is 24.5. The Bertz CT molecular complexity index is 765. The number of aryl methyl sites for hydroxylation is 1. The number of rotatable bonds is 3. The Morgan fingerprint density at radius 1 is 1.15 bits per heavy atom. The zero-order chi connectivity index (χ0) is 19.0. The van der Waals surface area contributed by atoms with Gasteiger partial charge < -0.3 is 14.9 Å². The first-order valence-electron chi connectivity index (χ1n) is 10.2. The number of aliphatic hydroxyl groups is 1. The predicted molar refractivity (Wildman–Crippen MR) is 105 cm³/mol. The number of amides is 1. The molecule has 1 N–H and O–H groups in total. The van der Waals surface area contributed by atoms with Crippen molar-refractivity contribution in [2.45, 2.75) is 58.1 Å². The maximum Gasteiger partial charge on any atom is 0.257 e. The van der Waals surface area contributed by atoms with Crippen LogP contribution >= 0.6 is 0 Å². The standard InChI is InChI=1S/C21H30N4O2/c1-15-20(16(2)25(22-15)18-6-5-7-19(26)14-18)21(27)24-12-8-17(9-13-24)23-10-3-4-11-23/h5-7,17,19,26H,3-4,8-14H2,1-2H3. The van der Waals surface area contributed by atoms with E-state index in [1.807, 2.05) is 35.6 Å². The summed E-state index contributed by atoms with van der Waals surface area (Å²) in [6, 6.07) is 0.641. The summed E-state index contributed by atoms with van der Waals surface area (Å²) in [5.41, 5.74) is 3.29. The summed E-state index contributed by atoms with van der Waals surface area (Å²) in [5, 5.41) is 14.5. The van der Waals surface area contributed by atoms with E-state index < -0.39 is 6.10 Å². The molecule has 1 aliphatic carbocycles. The molecular weight excluding hydrogens is 340 g/mol. The maximum atomic E-state index is 13.2. The summed E-state index contributed by atoms with van der Waals surface area (Å²) in [6.07, 6.45) is 10.4. The Kier molecular flexibility index (Phi) is 5.19. The summed E-state index contributed by atoms with van der Waals surface area (Å²) in [6.45, 7) is 7.96. The highest BCUT2D eigenvalue weighted by atomic mass is 16.3. The molecule has 1 unspecified atom stereocenters. The van der Waals surface area contributed by atoms with E-state index in [9.17, 15) is 9.90 Å². The largest absolute Gasteiger partial charge is 0.389 e. The summed E-state index contributed by atoms with van der Waals surface area (Å²) < 4.78 is 1.83. The van der Waals surface area contributed by atoms with Crippen molar-refractivity contribution in [2.24, 2.45) is 0 Å². The van der Waals surface area contributed by atoms with Crippen LogP contribution in [0.3, 0.4) is 0 Å². The van der Waals surface area contributed by atoms with Gasteiger partial charge in [-0.3, -0.25) is 4.79 Å². The summed E-state index contributed by atoms with van der Waals surface area (Å²) in [5.74, 6) is 0.101. The molecule has 2 aliphatic heterocycles. The summed E-state index contributed by atoms with van der Waals surface area (Å²) >= 11 is 0. The lowest BCUT2D eigenvalue weighted by Gasteiger charge is -2.36. The number of carbonyl (C=O) groups is 1. The van der Waals surface area contributed by atoms with Crippen molar-refractivity contribution in [3.8, 4) is 0 Å². The van der Waals surface area contributed by atoms with Crippen LogP contribution in [0.2, 0.25) is 0 Å². The molecule has 4 rings (SSSR count). The molecule has 6 nitrogen and oxygen atoms in total. The Morgan fingerprint density at radius 3 is 2.52 bits per heavy atom. The highest BCUT2D eigenvalue weighted by Crippen LogP contribution is 2.26. The molecule has 1 aromatic rings. The molecule has 3 heterocycles.